The third-order valence-corrected chi connectivity index (χ3v) is 5.33. The van der Waals surface area contributed by atoms with Crippen LogP contribution >= 0.6 is 0 Å². The molecule has 0 radical (unpaired) electrons. The van der Waals surface area contributed by atoms with Gasteiger partial charge in [0.2, 0.25) is 5.91 Å². The van der Waals surface area contributed by atoms with E-state index in [1.807, 2.05) is 19.1 Å². The lowest BCUT2D eigenvalue weighted by molar-refractivity contribution is -0.120. The summed E-state index contributed by atoms with van der Waals surface area (Å²) in [6.45, 7) is 7.52. The highest BCUT2D eigenvalue weighted by Gasteiger charge is 2.21. The molecule has 1 atom stereocenters. The monoisotopic (exact) mass is 345 g/mol. The second-order valence-electron chi connectivity index (χ2n) is 7.12. The summed E-state index contributed by atoms with van der Waals surface area (Å²) in [5, 5.41) is 3.08. The largest absolute Gasteiger partial charge is 0.378 e. The zero-order valence-corrected chi connectivity index (χ0v) is 15.4. The molecule has 0 aromatic heterocycles. The Morgan fingerprint density at radius 1 is 0.960 bits per heavy atom. The SMILES string of the molecule is CC(C(=O)Nc1ccc(N2CCOCC2)cc1)N1CCCCCCC1. The zero-order valence-electron chi connectivity index (χ0n) is 15.4. The number of hydrogen-bond acceptors (Lipinski definition) is 4. The summed E-state index contributed by atoms with van der Waals surface area (Å²) in [5.74, 6) is 0.0969. The van der Waals surface area contributed by atoms with Crippen molar-refractivity contribution in [1.29, 1.82) is 0 Å². The first-order valence-electron chi connectivity index (χ1n) is 9.72. The number of nitrogens with one attached hydrogen (secondary N) is 1. The molecule has 1 aromatic carbocycles. The molecule has 5 heteroatoms. The van der Waals surface area contributed by atoms with Gasteiger partial charge in [0.15, 0.2) is 0 Å². The van der Waals surface area contributed by atoms with Gasteiger partial charge in [-0.2, -0.15) is 0 Å². The van der Waals surface area contributed by atoms with Crippen LogP contribution in [0.4, 0.5) is 11.4 Å². The molecule has 0 saturated carbocycles. The van der Waals surface area contributed by atoms with E-state index >= 15 is 0 Å². The molecule has 1 aromatic rings. The van der Waals surface area contributed by atoms with Gasteiger partial charge >= 0.3 is 0 Å². The number of benzene rings is 1. The Morgan fingerprint density at radius 3 is 2.20 bits per heavy atom. The summed E-state index contributed by atoms with van der Waals surface area (Å²) in [6, 6.07) is 8.10. The Balaban J connectivity index is 1.54. The molecule has 0 bridgehead atoms. The standard InChI is InChI=1S/C20H31N3O2/c1-17(22-11-5-3-2-4-6-12-22)20(24)21-18-7-9-19(10-8-18)23-13-15-25-16-14-23/h7-10,17H,2-6,11-16H2,1H3,(H,21,24). The van der Waals surface area contributed by atoms with Crippen LogP contribution in [-0.2, 0) is 9.53 Å². The summed E-state index contributed by atoms with van der Waals surface area (Å²) in [4.78, 5) is 17.3. The molecule has 2 fully saturated rings. The van der Waals surface area contributed by atoms with E-state index in [1.165, 1.54) is 37.8 Å². The van der Waals surface area contributed by atoms with E-state index in [0.717, 1.165) is 45.1 Å². The normalized spacial score (nSPS) is 21.2. The summed E-state index contributed by atoms with van der Waals surface area (Å²) in [6.07, 6.45) is 6.31. The van der Waals surface area contributed by atoms with Crippen molar-refractivity contribution in [2.45, 2.75) is 45.1 Å². The lowest BCUT2D eigenvalue weighted by Crippen LogP contribution is -2.43. The van der Waals surface area contributed by atoms with Crippen LogP contribution in [0.2, 0.25) is 0 Å². The number of rotatable bonds is 4. The molecule has 0 spiro atoms. The van der Waals surface area contributed by atoms with Crippen molar-refractivity contribution >= 4 is 17.3 Å². The van der Waals surface area contributed by atoms with Gasteiger partial charge in [-0.05, 0) is 57.1 Å². The molecule has 1 amide bonds. The van der Waals surface area contributed by atoms with Gasteiger partial charge in [-0.25, -0.2) is 0 Å². The highest BCUT2D eigenvalue weighted by Crippen LogP contribution is 2.20. The highest BCUT2D eigenvalue weighted by molar-refractivity contribution is 5.94. The molecule has 2 aliphatic heterocycles. The van der Waals surface area contributed by atoms with E-state index in [0.29, 0.717) is 0 Å². The van der Waals surface area contributed by atoms with Crippen LogP contribution in [-0.4, -0.2) is 56.2 Å². The van der Waals surface area contributed by atoms with Crippen molar-refractivity contribution in [3.05, 3.63) is 24.3 Å². The maximum atomic E-state index is 12.6. The molecule has 1 N–H and O–H groups in total. The van der Waals surface area contributed by atoms with Crippen LogP contribution in [0.3, 0.4) is 0 Å². The van der Waals surface area contributed by atoms with E-state index in [-0.39, 0.29) is 11.9 Å². The van der Waals surface area contributed by atoms with E-state index in [1.54, 1.807) is 0 Å². The molecule has 3 rings (SSSR count). The zero-order chi connectivity index (χ0) is 17.5. The molecular formula is C20H31N3O2. The molecule has 0 aliphatic carbocycles. The van der Waals surface area contributed by atoms with Crippen molar-refractivity contribution < 1.29 is 9.53 Å². The van der Waals surface area contributed by atoms with E-state index < -0.39 is 0 Å². The maximum absolute atomic E-state index is 12.6. The van der Waals surface area contributed by atoms with Crippen molar-refractivity contribution in [2.24, 2.45) is 0 Å². The van der Waals surface area contributed by atoms with Gasteiger partial charge in [-0.3, -0.25) is 9.69 Å². The fraction of sp³-hybridized carbons (Fsp3) is 0.650. The van der Waals surface area contributed by atoms with Gasteiger partial charge in [0.1, 0.15) is 0 Å². The second-order valence-corrected chi connectivity index (χ2v) is 7.12. The third-order valence-electron chi connectivity index (χ3n) is 5.33. The lowest BCUT2D eigenvalue weighted by atomic mass is 10.1. The van der Waals surface area contributed by atoms with Crippen molar-refractivity contribution in [1.82, 2.24) is 4.90 Å². The predicted molar refractivity (Wildman–Crippen MR) is 102 cm³/mol. The first-order chi connectivity index (χ1) is 12.2. The van der Waals surface area contributed by atoms with Gasteiger partial charge in [0.05, 0.1) is 19.3 Å². The minimum absolute atomic E-state index is 0.0722. The van der Waals surface area contributed by atoms with Crippen molar-refractivity contribution in [3.63, 3.8) is 0 Å². The predicted octanol–water partition coefficient (Wildman–Crippen LogP) is 3.12. The smallest absolute Gasteiger partial charge is 0.241 e. The summed E-state index contributed by atoms with van der Waals surface area (Å²) >= 11 is 0. The van der Waals surface area contributed by atoms with Crippen LogP contribution < -0.4 is 10.2 Å². The van der Waals surface area contributed by atoms with Crippen molar-refractivity contribution in [2.75, 3.05) is 49.6 Å². The molecule has 2 saturated heterocycles. The number of likely N-dealkylation sites (tertiary alicyclic amines) is 1. The number of carbonyl (C=O) groups excluding carboxylic acids is 1. The number of anilines is 2. The number of amides is 1. The molecule has 5 nitrogen and oxygen atoms in total. The molecule has 2 heterocycles. The summed E-state index contributed by atoms with van der Waals surface area (Å²) in [7, 11) is 0. The van der Waals surface area contributed by atoms with Crippen LogP contribution in [0.25, 0.3) is 0 Å². The molecule has 138 valence electrons. The summed E-state index contributed by atoms with van der Waals surface area (Å²) in [5.41, 5.74) is 2.07. The van der Waals surface area contributed by atoms with Gasteiger partial charge in [0.25, 0.3) is 0 Å². The highest BCUT2D eigenvalue weighted by atomic mass is 16.5. The molecule has 2 aliphatic rings. The van der Waals surface area contributed by atoms with Crippen LogP contribution in [0, 0.1) is 0 Å². The van der Waals surface area contributed by atoms with Crippen molar-refractivity contribution in [3.8, 4) is 0 Å². The van der Waals surface area contributed by atoms with Crippen LogP contribution in [0.1, 0.15) is 39.0 Å². The summed E-state index contributed by atoms with van der Waals surface area (Å²) < 4.78 is 5.39. The fourth-order valence-corrected chi connectivity index (χ4v) is 3.65. The number of nitrogens with zero attached hydrogens (tertiary/aromatic N) is 2. The average molecular weight is 345 g/mol. The maximum Gasteiger partial charge on any atom is 0.241 e. The van der Waals surface area contributed by atoms with E-state index in [9.17, 15) is 4.79 Å². The first kappa shape index (κ1) is 18.2. The van der Waals surface area contributed by atoms with E-state index in [4.69, 9.17) is 4.74 Å². The van der Waals surface area contributed by atoms with Gasteiger partial charge in [-0.15, -0.1) is 0 Å². The minimum atomic E-state index is -0.0722. The number of ether oxygens (including phenoxy) is 1. The Kier molecular flexibility index (Phi) is 6.70. The number of hydrogen-bond donors (Lipinski definition) is 1. The number of carbonyl (C=O) groups is 1. The molecular weight excluding hydrogens is 314 g/mol. The first-order valence-corrected chi connectivity index (χ1v) is 9.72. The average Bonchev–Trinajstić information content (AvgIpc) is 2.62. The van der Waals surface area contributed by atoms with E-state index in [2.05, 4.69) is 27.2 Å². The third kappa shape index (κ3) is 5.19. The van der Waals surface area contributed by atoms with Gasteiger partial charge < -0.3 is 15.0 Å². The quantitative estimate of drug-likeness (QED) is 0.911. The lowest BCUT2D eigenvalue weighted by Gasteiger charge is -2.30. The van der Waals surface area contributed by atoms with Crippen LogP contribution in [0.5, 0.6) is 0 Å². The Bertz CT molecular complexity index is 532. The Morgan fingerprint density at radius 2 is 1.56 bits per heavy atom. The molecule has 1 unspecified atom stereocenters. The fourth-order valence-electron chi connectivity index (χ4n) is 3.65. The van der Waals surface area contributed by atoms with Gasteiger partial charge in [-0.1, -0.05) is 19.3 Å². The van der Waals surface area contributed by atoms with Crippen LogP contribution in [0.15, 0.2) is 24.3 Å². The molecule has 25 heavy (non-hydrogen) atoms. The minimum Gasteiger partial charge on any atom is -0.378 e. The topological polar surface area (TPSA) is 44.8 Å². The number of morpholine rings is 1. The Labute approximate surface area is 151 Å². The second kappa shape index (κ2) is 9.20. The Hall–Kier alpha value is -1.59. The van der Waals surface area contributed by atoms with Gasteiger partial charge in [0, 0.05) is 24.5 Å².